The van der Waals surface area contributed by atoms with Crippen LogP contribution in [0, 0.1) is 11.3 Å². The van der Waals surface area contributed by atoms with Gasteiger partial charge >= 0.3 is 0 Å². The van der Waals surface area contributed by atoms with Crippen LogP contribution >= 0.6 is 0 Å². The van der Waals surface area contributed by atoms with Gasteiger partial charge in [-0.1, -0.05) is 27.7 Å². The van der Waals surface area contributed by atoms with Crippen molar-refractivity contribution < 1.29 is 4.79 Å². The van der Waals surface area contributed by atoms with Crippen molar-refractivity contribution in [3.63, 3.8) is 0 Å². The molecule has 0 atom stereocenters. The van der Waals surface area contributed by atoms with Gasteiger partial charge in [-0.2, -0.15) is 0 Å². The second-order valence-electron chi connectivity index (χ2n) is 6.70. The molecule has 0 aliphatic rings. The van der Waals surface area contributed by atoms with E-state index in [4.69, 9.17) is 5.73 Å². The number of carbonyl (C=O) groups excluding carboxylic acids is 1. The van der Waals surface area contributed by atoms with E-state index in [2.05, 4.69) is 33.0 Å². The second-order valence-corrected chi connectivity index (χ2v) is 6.70. The van der Waals surface area contributed by atoms with Crippen LogP contribution < -0.4 is 11.1 Å². The molecule has 0 fully saturated rings. The molecule has 0 aromatic heterocycles. The average molecular weight is 228 g/mol. The summed E-state index contributed by atoms with van der Waals surface area (Å²) in [4.78, 5) is 11.6. The molecule has 0 aliphatic heterocycles. The number of nitrogens with one attached hydrogen (secondary N) is 1. The van der Waals surface area contributed by atoms with E-state index in [1.54, 1.807) is 0 Å². The first-order valence-corrected chi connectivity index (χ1v) is 6.07. The highest BCUT2D eigenvalue weighted by Gasteiger charge is 2.22. The van der Waals surface area contributed by atoms with Gasteiger partial charge in [-0.25, -0.2) is 0 Å². The SMILES string of the molecule is CC(C)CC(C)(C)CNC(=O)CC(C)(C)N. The molecular formula is C13H28N2O. The number of hydrogen-bond donors (Lipinski definition) is 2. The third-order valence-electron chi connectivity index (χ3n) is 2.34. The van der Waals surface area contributed by atoms with E-state index < -0.39 is 5.54 Å². The highest BCUT2D eigenvalue weighted by Crippen LogP contribution is 2.24. The van der Waals surface area contributed by atoms with Crippen LogP contribution in [0.2, 0.25) is 0 Å². The molecule has 3 N–H and O–H groups in total. The van der Waals surface area contributed by atoms with E-state index in [1.807, 2.05) is 13.8 Å². The Kier molecular flexibility index (Phi) is 5.47. The van der Waals surface area contributed by atoms with Crippen molar-refractivity contribution in [1.82, 2.24) is 5.32 Å². The van der Waals surface area contributed by atoms with Crippen molar-refractivity contribution in [2.75, 3.05) is 6.54 Å². The van der Waals surface area contributed by atoms with Crippen LogP contribution in [0.1, 0.15) is 54.4 Å². The summed E-state index contributed by atoms with van der Waals surface area (Å²) in [5.41, 5.74) is 5.53. The smallest absolute Gasteiger partial charge is 0.221 e. The van der Waals surface area contributed by atoms with Gasteiger partial charge in [0, 0.05) is 18.5 Å². The number of hydrogen-bond acceptors (Lipinski definition) is 2. The van der Waals surface area contributed by atoms with Gasteiger partial charge in [0.15, 0.2) is 0 Å². The van der Waals surface area contributed by atoms with Crippen LogP contribution in [-0.2, 0) is 4.79 Å². The highest BCUT2D eigenvalue weighted by molar-refractivity contribution is 5.77. The minimum Gasteiger partial charge on any atom is -0.356 e. The Morgan fingerprint density at radius 3 is 2.12 bits per heavy atom. The van der Waals surface area contributed by atoms with Gasteiger partial charge in [-0.3, -0.25) is 4.79 Å². The second kappa shape index (κ2) is 5.67. The molecule has 0 saturated carbocycles. The fourth-order valence-electron chi connectivity index (χ4n) is 1.99. The minimum atomic E-state index is -0.424. The molecule has 0 unspecified atom stereocenters. The largest absolute Gasteiger partial charge is 0.356 e. The van der Waals surface area contributed by atoms with Crippen LogP contribution in [0.4, 0.5) is 0 Å². The Bertz CT molecular complexity index is 227. The molecular weight excluding hydrogens is 200 g/mol. The summed E-state index contributed by atoms with van der Waals surface area (Å²) in [7, 11) is 0. The molecule has 3 nitrogen and oxygen atoms in total. The number of carbonyl (C=O) groups is 1. The Morgan fingerprint density at radius 2 is 1.75 bits per heavy atom. The standard InChI is InChI=1S/C13H28N2O/c1-10(2)7-12(3,4)9-15-11(16)8-13(5,6)14/h10H,7-9,14H2,1-6H3,(H,15,16). The molecule has 1 amide bonds. The Balaban J connectivity index is 4.00. The number of amides is 1. The lowest BCUT2D eigenvalue weighted by Gasteiger charge is -2.27. The van der Waals surface area contributed by atoms with Gasteiger partial charge in [0.1, 0.15) is 0 Å². The summed E-state index contributed by atoms with van der Waals surface area (Å²) in [6, 6.07) is 0. The van der Waals surface area contributed by atoms with Crippen LogP contribution in [0.3, 0.4) is 0 Å². The van der Waals surface area contributed by atoms with Crippen molar-refractivity contribution in [2.45, 2.75) is 59.9 Å². The van der Waals surface area contributed by atoms with E-state index in [1.165, 1.54) is 0 Å². The molecule has 0 heterocycles. The Morgan fingerprint density at radius 1 is 1.25 bits per heavy atom. The van der Waals surface area contributed by atoms with Crippen LogP contribution in [0.5, 0.6) is 0 Å². The number of nitrogens with two attached hydrogens (primary N) is 1. The van der Waals surface area contributed by atoms with Gasteiger partial charge in [-0.15, -0.1) is 0 Å². The zero-order chi connectivity index (χ0) is 13.0. The summed E-state index contributed by atoms with van der Waals surface area (Å²) in [5, 5.41) is 2.97. The van der Waals surface area contributed by atoms with Crippen molar-refractivity contribution in [2.24, 2.45) is 17.1 Å². The third-order valence-corrected chi connectivity index (χ3v) is 2.34. The molecule has 3 heteroatoms. The Hall–Kier alpha value is -0.570. The zero-order valence-electron chi connectivity index (χ0n) is 11.7. The molecule has 0 aromatic rings. The quantitative estimate of drug-likeness (QED) is 0.733. The molecule has 0 aliphatic carbocycles. The number of rotatable bonds is 6. The molecule has 0 bridgehead atoms. The van der Waals surface area contributed by atoms with Gasteiger partial charge in [0.05, 0.1) is 0 Å². The summed E-state index contributed by atoms with van der Waals surface area (Å²) in [6.45, 7) is 13.2. The van der Waals surface area contributed by atoms with E-state index in [0.29, 0.717) is 12.3 Å². The molecule has 0 aromatic carbocycles. The molecule has 96 valence electrons. The van der Waals surface area contributed by atoms with Crippen molar-refractivity contribution in [1.29, 1.82) is 0 Å². The molecule has 0 spiro atoms. The monoisotopic (exact) mass is 228 g/mol. The maximum absolute atomic E-state index is 11.6. The van der Waals surface area contributed by atoms with Crippen molar-refractivity contribution >= 4 is 5.91 Å². The summed E-state index contributed by atoms with van der Waals surface area (Å²) in [6.07, 6.45) is 1.49. The maximum Gasteiger partial charge on any atom is 0.221 e. The fourth-order valence-corrected chi connectivity index (χ4v) is 1.99. The van der Waals surface area contributed by atoms with Gasteiger partial charge in [0.25, 0.3) is 0 Å². The fraction of sp³-hybridized carbons (Fsp3) is 0.923. The lowest BCUT2D eigenvalue weighted by atomic mass is 9.84. The third kappa shape index (κ3) is 8.72. The first-order chi connectivity index (χ1) is 7.02. The average Bonchev–Trinajstić information content (AvgIpc) is 1.95. The van der Waals surface area contributed by atoms with E-state index in [-0.39, 0.29) is 11.3 Å². The normalized spacial score (nSPS) is 13.0. The molecule has 0 rings (SSSR count). The molecule has 0 saturated heterocycles. The maximum atomic E-state index is 11.6. The summed E-state index contributed by atoms with van der Waals surface area (Å²) < 4.78 is 0. The molecule has 0 radical (unpaired) electrons. The lowest BCUT2D eigenvalue weighted by Crippen LogP contribution is -2.41. The zero-order valence-corrected chi connectivity index (χ0v) is 11.7. The first-order valence-electron chi connectivity index (χ1n) is 6.07. The van der Waals surface area contributed by atoms with Crippen molar-refractivity contribution in [3.05, 3.63) is 0 Å². The van der Waals surface area contributed by atoms with Gasteiger partial charge in [-0.05, 0) is 31.6 Å². The van der Waals surface area contributed by atoms with E-state index in [0.717, 1.165) is 13.0 Å². The predicted molar refractivity (Wildman–Crippen MR) is 69.1 cm³/mol. The van der Waals surface area contributed by atoms with Crippen molar-refractivity contribution in [3.8, 4) is 0 Å². The van der Waals surface area contributed by atoms with Crippen LogP contribution in [0.15, 0.2) is 0 Å². The van der Waals surface area contributed by atoms with Gasteiger partial charge < -0.3 is 11.1 Å². The van der Waals surface area contributed by atoms with Crippen LogP contribution in [0.25, 0.3) is 0 Å². The first kappa shape index (κ1) is 15.4. The molecule has 16 heavy (non-hydrogen) atoms. The van der Waals surface area contributed by atoms with E-state index in [9.17, 15) is 4.79 Å². The minimum absolute atomic E-state index is 0.0457. The van der Waals surface area contributed by atoms with Crippen LogP contribution in [-0.4, -0.2) is 18.0 Å². The summed E-state index contributed by atoms with van der Waals surface area (Å²) in [5.74, 6) is 0.696. The Labute approximate surface area is 100 Å². The predicted octanol–water partition coefficient (Wildman–Crippen LogP) is 2.30. The van der Waals surface area contributed by atoms with Gasteiger partial charge in [0.2, 0.25) is 5.91 Å². The van der Waals surface area contributed by atoms with E-state index >= 15 is 0 Å². The lowest BCUT2D eigenvalue weighted by molar-refractivity contribution is -0.122. The summed E-state index contributed by atoms with van der Waals surface area (Å²) >= 11 is 0. The topological polar surface area (TPSA) is 55.1 Å². The highest BCUT2D eigenvalue weighted by atomic mass is 16.1.